The van der Waals surface area contributed by atoms with Crippen LogP contribution in [-0.4, -0.2) is 0 Å². The van der Waals surface area contributed by atoms with Crippen LogP contribution in [0.1, 0.15) is 52.4 Å². The van der Waals surface area contributed by atoms with Crippen molar-refractivity contribution in [2.75, 3.05) is 0 Å². The molecule has 0 aliphatic heterocycles. The third kappa shape index (κ3) is 1.64. The molecule has 0 aromatic rings. The van der Waals surface area contributed by atoms with Gasteiger partial charge in [-0.25, -0.2) is 0 Å². The predicted molar refractivity (Wildman–Crippen MR) is 62.2 cm³/mol. The van der Waals surface area contributed by atoms with Crippen molar-refractivity contribution >= 4 is 0 Å². The van der Waals surface area contributed by atoms with Crippen molar-refractivity contribution in [3.05, 3.63) is 12.2 Å². The molecule has 14 heavy (non-hydrogen) atoms. The molecule has 2 aliphatic rings. The fourth-order valence-electron chi connectivity index (χ4n) is 3.96. The highest BCUT2D eigenvalue weighted by atomic mass is 14.4. The first-order valence-electron chi connectivity index (χ1n) is 6.41. The Labute approximate surface area is 88.8 Å². The lowest BCUT2D eigenvalue weighted by Gasteiger charge is -2.45. The van der Waals surface area contributed by atoms with Crippen molar-refractivity contribution in [3.8, 4) is 0 Å². The molecule has 0 heteroatoms. The number of hydrogen-bond donors (Lipinski definition) is 0. The van der Waals surface area contributed by atoms with Crippen LogP contribution in [0.4, 0.5) is 0 Å². The summed E-state index contributed by atoms with van der Waals surface area (Å²) in [5.74, 6) is 3.76. The third-order valence-corrected chi connectivity index (χ3v) is 4.79. The van der Waals surface area contributed by atoms with Crippen molar-refractivity contribution in [1.82, 2.24) is 0 Å². The minimum absolute atomic E-state index is 0.877. The summed E-state index contributed by atoms with van der Waals surface area (Å²) in [6, 6.07) is 0. The van der Waals surface area contributed by atoms with Gasteiger partial charge in [0.25, 0.3) is 0 Å². The summed E-state index contributed by atoms with van der Waals surface area (Å²) in [5, 5.41) is 0. The average molecular weight is 192 g/mol. The SMILES string of the molecule is C=C1CCCC2CCC(CC)C(C)C12. The van der Waals surface area contributed by atoms with Gasteiger partial charge in [0.1, 0.15) is 0 Å². The number of hydrogen-bond acceptors (Lipinski definition) is 0. The van der Waals surface area contributed by atoms with Crippen LogP contribution in [0.3, 0.4) is 0 Å². The highest BCUT2D eigenvalue weighted by molar-refractivity contribution is 5.10. The maximum absolute atomic E-state index is 4.32. The molecule has 0 saturated heterocycles. The third-order valence-electron chi connectivity index (χ3n) is 4.79. The maximum Gasteiger partial charge on any atom is -0.0149 e. The molecule has 2 rings (SSSR count). The van der Waals surface area contributed by atoms with Crippen molar-refractivity contribution < 1.29 is 0 Å². The lowest BCUT2D eigenvalue weighted by Crippen LogP contribution is -2.36. The normalized spacial score (nSPS) is 43.4. The van der Waals surface area contributed by atoms with E-state index in [1.54, 1.807) is 5.57 Å². The van der Waals surface area contributed by atoms with Gasteiger partial charge in [-0.15, -0.1) is 0 Å². The van der Waals surface area contributed by atoms with Crippen molar-refractivity contribution in [3.63, 3.8) is 0 Å². The quantitative estimate of drug-likeness (QED) is 0.540. The second-order valence-corrected chi connectivity index (χ2v) is 5.44. The summed E-state index contributed by atoms with van der Waals surface area (Å²) >= 11 is 0. The first-order chi connectivity index (χ1) is 6.74. The van der Waals surface area contributed by atoms with Crippen LogP contribution in [0.5, 0.6) is 0 Å². The van der Waals surface area contributed by atoms with Gasteiger partial charge in [-0.05, 0) is 55.8 Å². The molecule has 0 radical (unpaired) electrons. The Kier molecular flexibility index (Phi) is 2.99. The van der Waals surface area contributed by atoms with Crippen molar-refractivity contribution in [1.29, 1.82) is 0 Å². The van der Waals surface area contributed by atoms with E-state index in [-0.39, 0.29) is 0 Å². The van der Waals surface area contributed by atoms with Gasteiger partial charge in [-0.1, -0.05) is 32.4 Å². The second kappa shape index (κ2) is 4.08. The van der Waals surface area contributed by atoms with E-state index in [2.05, 4.69) is 20.4 Å². The fourth-order valence-corrected chi connectivity index (χ4v) is 3.96. The van der Waals surface area contributed by atoms with Crippen LogP contribution in [0.25, 0.3) is 0 Å². The van der Waals surface area contributed by atoms with E-state index < -0.39 is 0 Å². The van der Waals surface area contributed by atoms with E-state index in [0.717, 1.165) is 23.7 Å². The first kappa shape index (κ1) is 10.3. The highest BCUT2D eigenvalue weighted by Gasteiger charge is 2.38. The Morgan fingerprint density at radius 1 is 1.29 bits per heavy atom. The van der Waals surface area contributed by atoms with Gasteiger partial charge in [-0.3, -0.25) is 0 Å². The first-order valence-corrected chi connectivity index (χ1v) is 6.41. The van der Waals surface area contributed by atoms with Gasteiger partial charge in [0.05, 0.1) is 0 Å². The van der Waals surface area contributed by atoms with E-state index in [0.29, 0.717) is 0 Å². The lowest BCUT2D eigenvalue weighted by molar-refractivity contribution is 0.101. The van der Waals surface area contributed by atoms with Gasteiger partial charge >= 0.3 is 0 Å². The monoisotopic (exact) mass is 192 g/mol. The smallest absolute Gasteiger partial charge is 0.0149 e. The molecule has 2 aliphatic carbocycles. The van der Waals surface area contributed by atoms with E-state index in [1.807, 2.05) is 0 Å². The summed E-state index contributed by atoms with van der Waals surface area (Å²) in [5.41, 5.74) is 1.58. The van der Waals surface area contributed by atoms with Crippen molar-refractivity contribution in [2.45, 2.75) is 52.4 Å². The molecule has 0 amide bonds. The summed E-state index contributed by atoms with van der Waals surface area (Å²) in [4.78, 5) is 0. The van der Waals surface area contributed by atoms with Gasteiger partial charge in [0, 0.05) is 0 Å². The molecular weight excluding hydrogens is 168 g/mol. The average Bonchev–Trinajstić information content (AvgIpc) is 2.18. The molecular formula is C14H24. The van der Waals surface area contributed by atoms with Crippen LogP contribution in [0.2, 0.25) is 0 Å². The van der Waals surface area contributed by atoms with Crippen LogP contribution < -0.4 is 0 Å². The zero-order chi connectivity index (χ0) is 10.1. The molecule has 80 valence electrons. The Morgan fingerprint density at radius 3 is 2.79 bits per heavy atom. The Balaban J connectivity index is 2.12. The molecule has 0 N–H and O–H groups in total. The molecule has 0 heterocycles. The molecule has 0 nitrogen and oxygen atoms in total. The molecule has 4 unspecified atom stereocenters. The highest BCUT2D eigenvalue weighted by Crippen LogP contribution is 2.48. The minimum Gasteiger partial charge on any atom is -0.0996 e. The number of fused-ring (bicyclic) bond motifs is 1. The largest absolute Gasteiger partial charge is 0.0996 e. The molecule has 2 saturated carbocycles. The summed E-state index contributed by atoms with van der Waals surface area (Å²) < 4.78 is 0. The summed E-state index contributed by atoms with van der Waals surface area (Å²) in [6.45, 7) is 9.15. The lowest BCUT2D eigenvalue weighted by atomic mass is 9.60. The van der Waals surface area contributed by atoms with E-state index in [9.17, 15) is 0 Å². The van der Waals surface area contributed by atoms with Gasteiger partial charge < -0.3 is 0 Å². The van der Waals surface area contributed by atoms with Crippen molar-refractivity contribution in [2.24, 2.45) is 23.7 Å². The van der Waals surface area contributed by atoms with E-state index >= 15 is 0 Å². The zero-order valence-corrected chi connectivity index (χ0v) is 9.76. The second-order valence-electron chi connectivity index (χ2n) is 5.44. The van der Waals surface area contributed by atoms with E-state index in [1.165, 1.54) is 38.5 Å². The number of rotatable bonds is 1. The molecule has 0 aromatic heterocycles. The predicted octanol–water partition coefficient (Wildman–Crippen LogP) is 4.42. The zero-order valence-electron chi connectivity index (χ0n) is 9.76. The van der Waals surface area contributed by atoms with Crippen LogP contribution >= 0.6 is 0 Å². The molecule has 0 aromatic carbocycles. The van der Waals surface area contributed by atoms with Gasteiger partial charge in [0.2, 0.25) is 0 Å². The molecule has 0 bridgehead atoms. The molecule has 4 atom stereocenters. The van der Waals surface area contributed by atoms with Crippen LogP contribution in [0, 0.1) is 23.7 Å². The summed E-state index contributed by atoms with van der Waals surface area (Å²) in [6.07, 6.45) is 8.52. The van der Waals surface area contributed by atoms with Crippen LogP contribution in [-0.2, 0) is 0 Å². The summed E-state index contributed by atoms with van der Waals surface area (Å²) in [7, 11) is 0. The van der Waals surface area contributed by atoms with E-state index in [4.69, 9.17) is 0 Å². The Hall–Kier alpha value is -0.260. The van der Waals surface area contributed by atoms with Gasteiger partial charge in [0.15, 0.2) is 0 Å². The standard InChI is InChI=1S/C14H24/c1-4-12-8-9-13-7-5-6-10(2)14(13)11(12)3/h11-14H,2,4-9H2,1,3H3. The maximum atomic E-state index is 4.32. The number of allylic oxidation sites excluding steroid dienone is 1. The fraction of sp³-hybridized carbons (Fsp3) is 0.857. The minimum atomic E-state index is 0.877. The molecule has 2 fully saturated rings. The Bertz CT molecular complexity index is 216. The van der Waals surface area contributed by atoms with Crippen LogP contribution in [0.15, 0.2) is 12.2 Å². The van der Waals surface area contributed by atoms with Gasteiger partial charge in [-0.2, -0.15) is 0 Å². The topological polar surface area (TPSA) is 0 Å². The Morgan fingerprint density at radius 2 is 2.07 bits per heavy atom. The molecule has 0 spiro atoms.